The molecular formula is C21H25NO. The van der Waals surface area contributed by atoms with E-state index in [1.54, 1.807) is 7.11 Å². The maximum Gasteiger partial charge on any atom is 0.118 e. The Morgan fingerprint density at radius 2 is 1.83 bits per heavy atom. The molecule has 2 nitrogen and oxygen atoms in total. The highest BCUT2D eigenvalue weighted by atomic mass is 16.5. The van der Waals surface area contributed by atoms with Crippen LogP contribution in [0.3, 0.4) is 0 Å². The van der Waals surface area contributed by atoms with Gasteiger partial charge in [0.15, 0.2) is 0 Å². The molecule has 120 valence electrons. The van der Waals surface area contributed by atoms with Crippen molar-refractivity contribution in [3.8, 4) is 5.75 Å². The van der Waals surface area contributed by atoms with E-state index in [1.807, 2.05) is 12.1 Å². The minimum atomic E-state index is 0.490. The summed E-state index contributed by atoms with van der Waals surface area (Å²) in [7, 11) is 1.71. The first-order valence-electron chi connectivity index (χ1n) is 8.47. The molecule has 0 bridgehead atoms. The molecule has 2 aromatic rings. The number of hydrogen-bond donors (Lipinski definition) is 1. The van der Waals surface area contributed by atoms with E-state index in [4.69, 9.17) is 4.74 Å². The van der Waals surface area contributed by atoms with Crippen LogP contribution in [0.2, 0.25) is 0 Å². The summed E-state index contributed by atoms with van der Waals surface area (Å²) in [6.07, 6.45) is 7.15. The fraction of sp³-hybridized carbons (Fsp3) is 0.333. The van der Waals surface area contributed by atoms with Crippen molar-refractivity contribution in [3.63, 3.8) is 0 Å². The molecule has 1 N–H and O–H groups in total. The van der Waals surface area contributed by atoms with Gasteiger partial charge in [0.1, 0.15) is 5.75 Å². The molecule has 2 aromatic carbocycles. The molecule has 0 aromatic heterocycles. The van der Waals surface area contributed by atoms with Gasteiger partial charge >= 0.3 is 0 Å². The maximum atomic E-state index is 5.24. The zero-order valence-electron chi connectivity index (χ0n) is 13.8. The van der Waals surface area contributed by atoms with Crippen LogP contribution in [-0.4, -0.2) is 19.7 Å². The summed E-state index contributed by atoms with van der Waals surface area (Å²) in [5.41, 5.74) is 4.17. The van der Waals surface area contributed by atoms with Gasteiger partial charge in [0.05, 0.1) is 7.11 Å². The number of nitrogens with one attached hydrogen (secondary N) is 1. The average Bonchev–Trinajstić information content (AvgIpc) is 2.63. The molecule has 0 saturated carbocycles. The molecule has 23 heavy (non-hydrogen) atoms. The summed E-state index contributed by atoms with van der Waals surface area (Å²) < 4.78 is 5.24. The first-order valence-corrected chi connectivity index (χ1v) is 8.47. The quantitative estimate of drug-likeness (QED) is 0.850. The molecule has 0 radical (unpaired) electrons. The topological polar surface area (TPSA) is 21.3 Å². The molecule has 0 aliphatic heterocycles. The number of hydrogen-bond acceptors (Lipinski definition) is 2. The van der Waals surface area contributed by atoms with E-state index in [-0.39, 0.29) is 0 Å². The molecule has 3 rings (SSSR count). The van der Waals surface area contributed by atoms with Gasteiger partial charge in [-0.25, -0.2) is 0 Å². The SMILES string of the molecule is COc1ccc(C2=CC(NCCc3ccccc3)CCC2)cc1. The Kier molecular flexibility index (Phi) is 5.49. The highest BCUT2D eigenvalue weighted by Crippen LogP contribution is 2.28. The Labute approximate surface area is 139 Å². The van der Waals surface area contributed by atoms with Crippen molar-refractivity contribution in [2.45, 2.75) is 31.7 Å². The number of rotatable bonds is 6. The minimum Gasteiger partial charge on any atom is -0.497 e. The van der Waals surface area contributed by atoms with E-state index >= 15 is 0 Å². The fourth-order valence-electron chi connectivity index (χ4n) is 3.18. The van der Waals surface area contributed by atoms with Crippen LogP contribution in [-0.2, 0) is 6.42 Å². The minimum absolute atomic E-state index is 0.490. The largest absolute Gasteiger partial charge is 0.497 e. The molecule has 0 spiro atoms. The van der Waals surface area contributed by atoms with Crippen LogP contribution >= 0.6 is 0 Å². The van der Waals surface area contributed by atoms with Crippen LogP contribution in [0, 0.1) is 0 Å². The third-order valence-corrected chi connectivity index (χ3v) is 4.49. The van der Waals surface area contributed by atoms with Crippen LogP contribution in [0.5, 0.6) is 5.75 Å². The van der Waals surface area contributed by atoms with Crippen molar-refractivity contribution >= 4 is 5.57 Å². The van der Waals surface area contributed by atoms with Crippen molar-refractivity contribution in [1.29, 1.82) is 0 Å². The zero-order valence-corrected chi connectivity index (χ0v) is 13.8. The summed E-state index contributed by atoms with van der Waals surface area (Å²) >= 11 is 0. The molecule has 1 aliphatic carbocycles. The highest BCUT2D eigenvalue weighted by Gasteiger charge is 2.14. The van der Waals surface area contributed by atoms with Gasteiger partial charge in [-0.05, 0) is 61.1 Å². The predicted molar refractivity (Wildman–Crippen MR) is 96.8 cm³/mol. The van der Waals surface area contributed by atoms with Gasteiger partial charge in [0.25, 0.3) is 0 Å². The zero-order chi connectivity index (χ0) is 15.9. The van der Waals surface area contributed by atoms with Gasteiger partial charge in [-0.2, -0.15) is 0 Å². The average molecular weight is 307 g/mol. The molecule has 1 atom stereocenters. The number of allylic oxidation sites excluding steroid dienone is 1. The summed E-state index contributed by atoms with van der Waals surface area (Å²) in [5.74, 6) is 0.919. The van der Waals surface area contributed by atoms with E-state index in [2.05, 4.69) is 53.9 Å². The summed E-state index contributed by atoms with van der Waals surface area (Å²) in [4.78, 5) is 0. The monoisotopic (exact) mass is 307 g/mol. The normalized spacial score (nSPS) is 17.6. The van der Waals surface area contributed by atoms with Crippen LogP contribution < -0.4 is 10.1 Å². The Bertz CT molecular complexity index is 631. The molecule has 1 unspecified atom stereocenters. The van der Waals surface area contributed by atoms with Gasteiger partial charge in [-0.1, -0.05) is 48.5 Å². The lowest BCUT2D eigenvalue weighted by atomic mass is 9.91. The van der Waals surface area contributed by atoms with Crippen LogP contribution in [0.1, 0.15) is 30.4 Å². The van der Waals surface area contributed by atoms with E-state index < -0.39 is 0 Å². The standard InChI is InChI=1S/C21H25NO/c1-23-21-12-10-18(11-13-21)19-8-5-9-20(16-19)22-15-14-17-6-3-2-4-7-17/h2-4,6-7,10-13,16,20,22H,5,8-9,14-15H2,1H3. The molecule has 0 amide bonds. The maximum absolute atomic E-state index is 5.24. The second-order valence-corrected chi connectivity index (χ2v) is 6.11. The third kappa shape index (κ3) is 4.46. The van der Waals surface area contributed by atoms with Gasteiger partial charge in [-0.15, -0.1) is 0 Å². The van der Waals surface area contributed by atoms with Gasteiger partial charge in [0, 0.05) is 6.04 Å². The first kappa shape index (κ1) is 15.8. The number of benzene rings is 2. The van der Waals surface area contributed by atoms with E-state index in [0.717, 1.165) is 18.7 Å². The van der Waals surface area contributed by atoms with Gasteiger partial charge < -0.3 is 10.1 Å². The van der Waals surface area contributed by atoms with Gasteiger partial charge in [0.2, 0.25) is 0 Å². The Hall–Kier alpha value is -2.06. The predicted octanol–water partition coefficient (Wildman–Crippen LogP) is 4.46. The molecule has 1 aliphatic rings. The molecule has 0 heterocycles. The summed E-state index contributed by atoms with van der Waals surface area (Å²) in [6, 6.07) is 19.6. The van der Waals surface area contributed by atoms with E-state index in [9.17, 15) is 0 Å². The molecule has 0 saturated heterocycles. The molecule has 2 heteroatoms. The Morgan fingerprint density at radius 3 is 2.57 bits per heavy atom. The van der Waals surface area contributed by atoms with Crippen LogP contribution in [0.15, 0.2) is 60.7 Å². The van der Waals surface area contributed by atoms with Gasteiger partial charge in [-0.3, -0.25) is 0 Å². The molecular weight excluding hydrogens is 282 g/mol. The third-order valence-electron chi connectivity index (χ3n) is 4.49. The second-order valence-electron chi connectivity index (χ2n) is 6.11. The lowest BCUT2D eigenvalue weighted by molar-refractivity contribution is 0.415. The highest BCUT2D eigenvalue weighted by molar-refractivity contribution is 5.67. The van der Waals surface area contributed by atoms with Crippen LogP contribution in [0.4, 0.5) is 0 Å². The summed E-state index contributed by atoms with van der Waals surface area (Å²) in [5, 5.41) is 3.69. The number of methoxy groups -OCH3 is 1. The van der Waals surface area contributed by atoms with Crippen molar-refractivity contribution in [3.05, 3.63) is 71.8 Å². The smallest absolute Gasteiger partial charge is 0.118 e. The lowest BCUT2D eigenvalue weighted by Crippen LogP contribution is -2.30. The first-order chi connectivity index (χ1) is 11.3. The Morgan fingerprint density at radius 1 is 1.04 bits per heavy atom. The van der Waals surface area contributed by atoms with E-state index in [1.165, 1.54) is 36.0 Å². The Balaban J connectivity index is 1.57. The molecule has 0 fully saturated rings. The van der Waals surface area contributed by atoms with Crippen molar-refractivity contribution in [2.24, 2.45) is 0 Å². The fourth-order valence-corrected chi connectivity index (χ4v) is 3.18. The van der Waals surface area contributed by atoms with E-state index in [0.29, 0.717) is 6.04 Å². The van der Waals surface area contributed by atoms with Crippen molar-refractivity contribution in [2.75, 3.05) is 13.7 Å². The lowest BCUT2D eigenvalue weighted by Gasteiger charge is -2.22. The second kappa shape index (κ2) is 7.98. The van der Waals surface area contributed by atoms with Crippen molar-refractivity contribution < 1.29 is 4.74 Å². The van der Waals surface area contributed by atoms with Crippen molar-refractivity contribution in [1.82, 2.24) is 5.32 Å². The van der Waals surface area contributed by atoms with Crippen LogP contribution in [0.25, 0.3) is 5.57 Å². The number of ether oxygens (including phenoxy) is 1. The summed E-state index contributed by atoms with van der Waals surface area (Å²) in [6.45, 7) is 1.03.